The minimum atomic E-state index is -0.139. The number of rotatable bonds is 2. The van der Waals surface area contributed by atoms with Crippen molar-refractivity contribution in [1.82, 2.24) is 9.80 Å². The summed E-state index contributed by atoms with van der Waals surface area (Å²) in [6, 6.07) is 2.67. The summed E-state index contributed by atoms with van der Waals surface area (Å²) in [5.74, 6) is 0.767. The average Bonchev–Trinajstić information content (AvgIpc) is 2.39. The molecule has 0 radical (unpaired) electrons. The van der Waals surface area contributed by atoms with Crippen LogP contribution in [0.2, 0.25) is 0 Å². The molecule has 2 rings (SSSR count). The summed E-state index contributed by atoms with van der Waals surface area (Å²) in [4.78, 5) is 4.83. The number of hydrogen-bond acceptors (Lipinski definition) is 3. The van der Waals surface area contributed by atoms with Gasteiger partial charge in [0.1, 0.15) is 5.54 Å². The lowest BCUT2D eigenvalue weighted by molar-refractivity contribution is 0.0341. The van der Waals surface area contributed by atoms with Gasteiger partial charge in [-0.3, -0.25) is 4.90 Å². The Kier molecular flexibility index (Phi) is 4.06. The lowest BCUT2D eigenvalue weighted by atomic mass is 9.74. The first-order chi connectivity index (χ1) is 8.20. The maximum atomic E-state index is 9.67. The van der Waals surface area contributed by atoms with Gasteiger partial charge in [0.15, 0.2) is 0 Å². The van der Waals surface area contributed by atoms with E-state index in [9.17, 15) is 5.26 Å². The molecule has 1 heterocycles. The standard InChI is InChI=1S/C14H25N3/c1-3-13-5-4-6-14(11-13,12-15)17-9-7-16(2)8-10-17/h13H,3-11H2,1-2H3. The van der Waals surface area contributed by atoms with Gasteiger partial charge in [-0.15, -0.1) is 0 Å². The van der Waals surface area contributed by atoms with Crippen molar-refractivity contribution in [2.45, 2.75) is 44.6 Å². The highest BCUT2D eigenvalue weighted by atomic mass is 15.3. The van der Waals surface area contributed by atoms with Crippen LogP contribution in [-0.4, -0.2) is 48.6 Å². The smallest absolute Gasteiger partial charge is 0.109 e. The van der Waals surface area contributed by atoms with Crippen LogP contribution in [0.1, 0.15) is 39.0 Å². The highest BCUT2D eigenvalue weighted by molar-refractivity contribution is 5.11. The van der Waals surface area contributed by atoms with Gasteiger partial charge in [0.05, 0.1) is 6.07 Å². The van der Waals surface area contributed by atoms with Crippen molar-refractivity contribution < 1.29 is 0 Å². The van der Waals surface area contributed by atoms with Crippen molar-refractivity contribution in [1.29, 1.82) is 5.26 Å². The lowest BCUT2D eigenvalue weighted by Gasteiger charge is -2.47. The molecule has 0 N–H and O–H groups in total. The topological polar surface area (TPSA) is 30.3 Å². The number of likely N-dealkylation sites (N-methyl/N-ethyl adjacent to an activating group) is 1. The van der Waals surface area contributed by atoms with Gasteiger partial charge in [0, 0.05) is 26.2 Å². The van der Waals surface area contributed by atoms with Crippen LogP contribution in [0.3, 0.4) is 0 Å². The van der Waals surface area contributed by atoms with E-state index in [-0.39, 0.29) is 5.54 Å². The molecule has 1 saturated carbocycles. The summed E-state index contributed by atoms with van der Waals surface area (Å²) in [5, 5.41) is 9.67. The lowest BCUT2D eigenvalue weighted by Crippen LogP contribution is -2.57. The van der Waals surface area contributed by atoms with Crippen molar-refractivity contribution in [3.63, 3.8) is 0 Å². The van der Waals surface area contributed by atoms with E-state index in [1.54, 1.807) is 0 Å². The molecule has 2 unspecified atom stereocenters. The second-order valence-electron chi connectivity index (χ2n) is 5.80. The van der Waals surface area contributed by atoms with Crippen LogP contribution in [-0.2, 0) is 0 Å². The molecule has 2 fully saturated rings. The Morgan fingerprint density at radius 2 is 2.00 bits per heavy atom. The van der Waals surface area contributed by atoms with E-state index in [1.165, 1.54) is 19.3 Å². The van der Waals surface area contributed by atoms with Crippen LogP contribution < -0.4 is 0 Å². The Balaban J connectivity index is 2.06. The Morgan fingerprint density at radius 3 is 2.59 bits per heavy atom. The molecule has 0 aromatic carbocycles. The third-order valence-corrected chi connectivity index (χ3v) is 4.72. The molecule has 0 bridgehead atoms. The average molecular weight is 235 g/mol. The minimum Gasteiger partial charge on any atom is -0.304 e. The van der Waals surface area contributed by atoms with Crippen molar-refractivity contribution in [2.75, 3.05) is 33.2 Å². The Morgan fingerprint density at radius 1 is 1.29 bits per heavy atom. The molecule has 1 aliphatic heterocycles. The second kappa shape index (κ2) is 5.37. The Bertz CT molecular complexity index is 288. The number of nitriles is 1. The molecule has 0 spiro atoms. The van der Waals surface area contributed by atoms with Gasteiger partial charge >= 0.3 is 0 Å². The van der Waals surface area contributed by atoms with Gasteiger partial charge in [0.2, 0.25) is 0 Å². The summed E-state index contributed by atoms with van der Waals surface area (Å²) in [6.45, 7) is 6.63. The first kappa shape index (κ1) is 12.9. The van der Waals surface area contributed by atoms with Crippen LogP contribution in [0.4, 0.5) is 0 Å². The molecule has 0 aromatic heterocycles. The van der Waals surface area contributed by atoms with Crippen molar-refractivity contribution in [2.24, 2.45) is 5.92 Å². The molecule has 1 saturated heterocycles. The van der Waals surface area contributed by atoms with Crippen molar-refractivity contribution in [3.8, 4) is 6.07 Å². The summed E-state index contributed by atoms with van der Waals surface area (Å²) < 4.78 is 0. The maximum Gasteiger partial charge on any atom is 0.109 e. The van der Waals surface area contributed by atoms with E-state index >= 15 is 0 Å². The van der Waals surface area contributed by atoms with Crippen molar-refractivity contribution >= 4 is 0 Å². The summed E-state index contributed by atoms with van der Waals surface area (Å²) in [7, 11) is 2.17. The molecular formula is C14H25N3. The molecule has 2 atom stereocenters. The Hall–Kier alpha value is -0.590. The first-order valence-corrected chi connectivity index (χ1v) is 7.05. The summed E-state index contributed by atoms with van der Waals surface area (Å²) in [5.41, 5.74) is -0.139. The van der Waals surface area contributed by atoms with Crippen LogP contribution in [0.25, 0.3) is 0 Å². The normalized spacial score (nSPS) is 36.6. The van der Waals surface area contributed by atoms with Gasteiger partial charge in [-0.25, -0.2) is 0 Å². The van der Waals surface area contributed by atoms with E-state index in [2.05, 4.69) is 29.8 Å². The van der Waals surface area contributed by atoms with E-state index in [4.69, 9.17) is 0 Å². The predicted molar refractivity (Wildman–Crippen MR) is 69.7 cm³/mol. The zero-order valence-corrected chi connectivity index (χ0v) is 11.3. The SMILES string of the molecule is CCC1CCCC(C#N)(N2CCN(C)CC2)C1. The molecule has 96 valence electrons. The van der Waals surface area contributed by atoms with Gasteiger partial charge in [-0.1, -0.05) is 26.2 Å². The number of piperazine rings is 1. The van der Waals surface area contributed by atoms with Crippen LogP contribution in [0.15, 0.2) is 0 Å². The largest absolute Gasteiger partial charge is 0.304 e. The second-order valence-corrected chi connectivity index (χ2v) is 5.80. The van der Waals surface area contributed by atoms with Gasteiger partial charge in [0.25, 0.3) is 0 Å². The molecule has 1 aliphatic carbocycles. The highest BCUT2D eigenvalue weighted by Crippen LogP contribution is 2.38. The van der Waals surface area contributed by atoms with Gasteiger partial charge < -0.3 is 4.90 Å². The third-order valence-electron chi connectivity index (χ3n) is 4.72. The van der Waals surface area contributed by atoms with E-state index in [0.717, 1.165) is 44.9 Å². The monoisotopic (exact) mass is 235 g/mol. The predicted octanol–water partition coefficient (Wildman–Crippen LogP) is 2.10. The molecular weight excluding hydrogens is 210 g/mol. The fraction of sp³-hybridized carbons (Fsp3) is 0.929. The first-order valence-electron chi connectivity index (χ1n) is 7.05. The van der Waals surface area contributed by atoms with E-state index in [1.807, 2.05) is 0 Å². The van der Waals surface area contributed by atoms with E-state index in [0.29, 0.717) is 0 Å². The fourth-order valence-electron chi connectivity index (χ4n) is 3.41. The van der Waals surface area contributed by atoms with Gasteiger partial charge in [-0.2, -0.15) is 5.26 Å². The zero-order chi connectivity index (χ0) is 12.3. The van der Waals surface area contributed by atoms with E-state index < -0.39 is 0 Å². The third kappa shape index (κ3) is 2.64. The molecule has 3 heteroatoms. The van der Waals surface area contributed by atoms with Crippen molar-refractivity contribution in [3.05, 3.63) is 0 Å². The highest BCUT2D eigenvalue weighted by Gasteiger charge is 2.41. The Labute approximate surface area is 105 Å². The molecule has 0 aromatic rings. The van der Waals surface area contributed by atoms with Crippen LogP contribution in [0.5, 0.6) is 0 Å². The molecule has 17 heavy (non-hydrogen) atoms. The minimum absolute atomic E-state index is 0.139. The quantitative estimate of drug-likeness (QED) is 0.734. The zero-order valence-electron chi connectivity index (χ0n) is 11.3. The fourth-order valence-corrected chi connectivity index (χ4v) is 3.41. The summed E-state index contributed by atoms with van der Waals surface area (Å²) >= 11 is 0. The molecule has 0 amide bonds. The van der Waals surface area contributed by atoms with Gasteiger partial charge in [-0.05, 0) is 25.8 Å². The molecule has 2 aliphatic rings. The molecule has 3 nitrogen and oxygen atoms in total. The van der Waals surface area contributed by atoms with Crippen LogP contribution in [0, 0.1) is 17.2 Å². The summed E-state index contributed by atoms with van der Waals surface area (Å²) in [6.07, 6.45) is 5.98. The number of nitrogens with zero attached hydrogens (tertiary/aromatic N) is 3. The van der Waals surface area contributed by atoms with Crippen LogP contribution >= 0.6 is 0 Å². The maximum absolute atomic E-state index is 9.67. The number of hydrogen-bond donors (Lipinski definition) is 0.